The molecule has 2 heterocycles. The van der Waals surface area contributed by atoms with Gasteiger partial charge in [-0.1, -0.05) is 12.1 Å². The molecular weight excluding hydrogens is 242 g/mol. The van der Waals surface area contributed by atoms with E-state index in [1.54, 1.807) is 31.2 Å². The molecule has 3 rings (SSSR count). The van der Waals surface area contributed by atoms with E-state index in [0.717, 1.165) is 0 Å². The number of aromatic nitrogens is 2. The number of fused-ring (bicyclic) bond motifs is 1. The second-order valence-corrected chi connectivity index (χ2v) is 4.23. The summed E-state index contributed by atoms with van der Waals surface area (Å²) in [5.74, 6) is 0.141. The van der Waals surface area contributed by atoms with Crippen LogP contribution in [0.5, 0.6) is 0 Å². The molecule has 0 aliphatic carbocycles. The van der Waals surface area contributed by atoms with E-state index >= 15 is 0 Å². The number of nitrogens with two attached hydrogens (primary N) is 1. The molecule has 94 valence electrons. The van der Waals surface area contributed by atoms with E-state index < -0.39 is 0 Å². The molecule has 5 heteroatoms. The van der Waals surface area contributed by atoms with Crippen LogP contribution in [0.15, 0.2) is 45.8 Å². The van der Waals surface area contributed by atoms with E-state index in [-0.39, 0.29) is 11.4 Å². The molecule has 0 spiro atoms. The molecule has 2 aromatic heterocycles. The maximum absolute atomic E-state index is 12.4. The molecule has 0 unspecified atom stereocenters. The Hall–Kier alpha value is -2.69. The summed E-state index contributed by atoms with van der Waals surface area (Å²) in [5, 5.41) is 0.523. The molecule has 0 saturated heterocycles. The third-order valence-electron chi connectivity index (χ3n) is 2.83. The number of rotatable bonds is 1. The van der Waals surface area contributed by atoms with Crippen LogP contribution in [0.1, 0.15) is 5.69 Å². The van der Waals surface area contributed by atoms with Crippen molar-refractivity contribution in [3.63, 3.8) is 0 Å². The monoisotopic (exact) mass is 253 g/mol. The molecule has 0 saturated carbocycles. The zero-order valence-electron chi connectivity index (χ0n) is 10.3. The van der Waals surface area contributed by atoms with Crippen LogP contribution in [-0.4, -0.2) is 9.97 Å². The molecule has 0 radical (unpaired) electrons. The van der Waals surface area contributed by atoms with Gasteiger partial charge in [-0.15, -0.1) is 0 Å². The SMILES string of the molecule is Cc1cc(-c2coc3ccccc3c2=O)nc(N)n1. The Morgan fingerprint density at radius 3 is 2.79 bits per heavy atom. The maximum atomic E-state index is 12.4. The van der Waals surface area contributed by atoms with Crippen molar-refractivity contribution in [2.75, 3.05) is 5.73 Å². The van der Waals surface area contributed by atoms with Gasteiger partial charge in [-0.25, -0.2) is 9.97 Å². The van der Waals surface area contributed by atoms with Crippen molar-refractivity contribution in [2.24, 2.45) is 0 Å². The third-order valence-corrected chi connectivity index (χ3v) is 2.83. The number of anilines is 1. The minimum atomic E-state index is -0.126. The fraction of sp³-hybridized carbons (Fsp3) is 0.0714. The molecule has 3 aromatic rings. The number of benzene rings is 1. The molecule has 0 bridgehead atoms. The van der Waals surface area contributed by atoms with Crippen molar-refractivity contribution >= 4 is 16.9 Å². The number of nitrogen functional groups attached to an aromatic ring is 1. The van der Waals surface area contributed by atoms with E-state index in [0.29, 0.717) is 27.9 Å². The Morgan fingerprint density at radius 1 is 1.21 bits per heavy atom. The van der Waals surface area contributed by atoms with Gasteiger partial charge in [0.15, 0.2) is 0 Å². The standard InChI is InChI=1S/C14H11N3O2/c1-8-6-11(17-14(15)16-8)10-7-19-12-5-3-2-4-9(12)13(10)18/h2-7H,1H3,(H2,15,16,17). The highest BCUT2D eigenvalue weighted by Gasteiger charge is 2.11. The van der Waals surface area contributed by atoms with Crippen LogP contribution >= 0.6 is 0 Å². The summed E-state index contributed by atoms with van der Waals surface area (Å²) < 4.78 is 5.46. The summed E-state index contributed by atoms with van der Waals surface area (Å²) in [5.41, 5.74) is 7.60. The van der Waals surface area contributed by atoms with Crippen molar-refractivity contribution in [3.05, 3.63) is 52.5 Å². The van der Waals surface area contributed by atoms with E-state index in [4.69, 9.17) is 10.2 Å². The normalized spacial score (nSPS) is 10.8. The fourth-order valence-electron chi connectivity index (χ4n) is 1.98. The zero-order chi connectivity index (χ0) is 13.4. The molecule has 0 aliphatic heterocycles. The zero-order valence-corrected chi connectivity index (χ0v) is 10.3. The highest BCUT2D eigenvalue weighted by molar-refractivity contribution is 5.80. The van der Waals surface area contributed by atoms with Crippen LogP contribution < -0.4 is 11.2 Å². The number of hydrogen-bond donors (Lipinski definition) is 1. The van der Waals surface area contributed by atoms with Gasteiger partial charge >= 0.3 is 0 Å². The highest BCUT2D eigenvalue weighted by Crippen LogP contribution is 2.18. The maximum Gasteiger partial charge on any atom is 0.220 e. The summed E-state index contributed by atoms with van der Waals surface area (Å²) >= 11 is 0. The topological polar surface area (TPSA) is 82.0 Å². The van der Waals surface area contributed by atoms with Gasteiger partial charge in [0.25, 0.3) is 0 Å². The predicted octanol–water partition coefficient (Wildman–Crippen LogP) is 2.14. The minimum Gasteiger partial charge on any atom is -0.463 e. The molecule has 19 heavy (non-hydrogen) atoms. The van der Waals surface area contributed by atoms with Gasteiger partial charge < -0.3 is 10.2 Å². The molecular formula is C14H11N3O2. The smallest absolute Gasteiger partial charge is 0.220 e. The molecule has 0 aliphatic rings. The Morgan fingerprint density at radius 2 is 2.00 bits per heavy atom. The van der Waals surface area contributed by atoms with Crippen molar-refractivity contribution in [1.82, 2.24) is 9.97 Å². The Balaban J connectivity index is 2.31. The van der Waals surface area contributed by atoms with Crippen molar-refractivity contribution in [3.8, 4) is 11.3 Å². The van der Waals surface area contributed by atoms with E-state index in [1.165, 1.54) is 6.26 Å². The van der Waals surface area contributed by atoms with Gasteiger partial charge in [0.2, 0.25) is 11.4 Å². The first-order valence-corrected chi connectivity index (χ1v) is 5.77. The largest absolute Gasteiger partial charge is 0.463 e. The van der Waals surface area contributed by atoms with Gasteiger partial charge in [0.05, 0.1) is 16.6 Å². The third kappa shape index (κ3) is 1.95. The van der Waals surface area contributed by atoms with Crippen molar-refractivity contribution < 1.29 is 4.42 Å². The Labute approximate surface area is 108 Å². The fourth-order valence-corrected chi connectivity index (χ4v) is 1.98. The summed E-state index contributed by atoms with van der Waals surface area (Å²) in [4.78, 5) is 20.5. The van der Waals surface area contributed by atoms with Gasteiger partial charge in [-0.05, 0) is 25.1 Å². The average molecular weight is 253 g/mol. The van der Waals surface area contributed by atoms with Crippen LogP contribution in [0.25, 0.3) is 22.2 Å². The summed E-state index contributed by atoms with van der Waals surface area (Å²) in [6.45, 7) is 1.80. The lowest BCUT2D eigenvalue weighted by Gasteiger charge is -2.03. The van der Waals surface area contributed by atoms with E-state index in [1.807, 2.05) is 6.07 Å². The van der Waals surface area contributed by atoms with Gasteiger partial charge in [0, 0.05) is 5.69 Å². The quantitative estimate of drug-likeness (QED) is 0.718. The van der Waals surface area contributed by atoms with Gasteiger partial charge in [-0.2, -0.15) is 0 Å². The summed E-state index contributed by atoms with van der Waals surface area (Å²) in [6, 6.07) is 8.79. The van der Waals surface area contributed by atoms with Gasteiger partial charge in [-0.3, -0.25) is 4.79 Å². The number of para-hydroxylation sites is 1. The number of aryl methyl sites for hydroxylation is 1. The summed E-state index contributed by atoms with van der Waals surface area (Å²) in [7, 11) is 0. The summed E-state index contributed by atoms with van der Waals surface area (Å²) in [6.07, 6.45) is 1.41. The van der Waals surface area contributed by atoms with Crippen molar-refractivity contribution in [1.29, 1.82) is 0 Å². The van der Waals surface area contributed by atoms with Crippen LogP contribution in [-0.2, 0) is 0 Å². The Kier molecular flexibility index (Phi) is 2.52. The number of hydrogen-bond acceptors (Lipinski definition) is 5. The first kappa shape index (κ1) is 11.4. The molecule has 0 fully saturated rings. The lowest BCUT2D eigenvalue weighted by atomic mass is 10.1. The van der Waals surface area contributed by atoms with Crippen LogP contribution in [0.4, 0.5) is 5.95 Å². The Bertz CT molecular complexity index is 804. The average Bonchev–Trinajstić information content (AvgIpc) is 2.38. The van der Waals surface area contributed by atoms with E-state index in [2.05, 4.69) is 9.97 Å². The van der Waals surface area contributed by atoms with Crippen molar-refractivity contribution in [2.45, 2.75) is 6.92 Å². The first-order chi connectivity index (χ1) is 9.15. The van der Waals surface area contributed by atoms with Gasteiger partial charge in [0.1, 0.15) is 11.8 Å². The lowest BCUT2D eigenvalue weighted by molar-refractivity contribution is 0.604. The first-order valence-electron chi connectivity index (χ1n) is 5.77. The second kappa shape index (κ2) is 4.20. The van der Waals surface area contributed by atoms with Crippen LogP contribution in [0.3, 0.4) is 0 Å². The van der Waals surface area contributed by atoms with E-state index in [9.17, 15) is 4.79 Å². The minimum absolute atomic E-state index is 0.126. The molecule has 0 atom stereocenters. The predicted molar refractivity (Wildman–Crippen MR) is 72.7 cm³/mol. The molecule has 2 N–H and O–H groups in total. The second-order valence-electron chi connectivity index (χ2n) is 4.23. The molecule has 1 aromatic carbocycles. The molecule has 0 amide bonds. The van der Waals surface area contributed by atoms with Crippen LogP contribution in [0, 0.1) is 6.92 Å². The molecule has 5 nitrogen and oxygen atoms in total. The highest BCUT2D eigenvalue weighted by atomic mass is 16.3. The van der Waals surface area contributed by atoms with Crippen LogP contribution in [0.2, 0.25) is 0 Å². The lowest BCUT2D eigenvalue weighted by Crippen LogP contribution is -2.07. The number of nitrogens with zero attached hydrogens (tertiary/aromatic N) is 2.